The number of rotatable bonds is 5. The molecule has 0 atom stereocenters. The summed E-state index contributed by atoms with van der Waals surface area (Å²) in [4.78, 5) is 6.28. The molecule has 0 aliphatic rings. The van der Waals surface area contributed by atoms with Crippen LogP contribution in [-0.4, -0.2) is 20.3 Å². The second-order valence-corrected chi connectivity index (χ2v) is 4.95. The molecule has 0 N–H and O–H groups in total. The Balaban J connectivity index is 2.44. The first-order valence-corrected chi connectivity index (χ1v) is 6.84. The molecular formula is C19H20N2. The van der Waals surface area contributed by atoms with Crippen LogP contribution in [0.4, 0.5) is 5.69 Å². The maximum absolute atomic E-state index is 4.15. The smallest absolute Gasteiger partial charge is 0.0558 e. The van der Waals surface area contributed by atoms with Crippen molar-refractivity contribution < 1.29 is 0 Å². The molecule has 2 nitrogen and oxygen atoms in total. The van der Waals surface area contributed by atoms with E-state index in [2.05, 4.69) is 73.5 Å². The Labute approximate surface area is 126 Å². The molecule has 0 aliphatic carbocycles. The van der Waals surface area contributed by atoms with Crippen molar-refractivity contribution in [2.24, 2.45) is 4.99 Å². The molecule has 0 spiro atoms. The monoisotopic (exact) mass is 276 g/mol. The Morgan fingerprint density at radius 2 is 1.81 bits per heavy atom. The Hall–Kier alpha value is -2.61. The topological polar surface area (TPSA) is 15.6 Å². The van der Waals surface area contributed by atoms with Crippen LogP contribution in [0.15, 0.2) is 72.4 Å². The first-order chi connectivity index (χ1) is 10.1. The minimum Gasteiger partial charge on any atom is -0.377 e. The summed E-state index contributed by atoms with van der Waals surface area (Å²) in [6.07, 6.45) is 7.24. The fourth-order valence-electron chi connectivity index (χ4n) is 2.22. The van der Waals surface area contributed by atoms with E-state index in [0.717, 1.165) is 5.56 Å². The van der Waals surface area contributed by atoms with Crippen molar-refractivity contribution in [3.05, 3.63) is 73.0 Å². The lowest BCUT2D eigenvalue weighted by atomic mass is 10.0. The van der Waals surface area contributed by atoms with Gasteiger partial charge in [0.2, 0.25) is 0 Å². The second-order valence-electron chi connectivity index (χ2n) is 4.95. The number of anilines is 1. The molecular weight excluding hydrogens is 256 g/mol. The van der Waals surface area contributed by atoms with Gasteiger partial charge in [0.25, 0.3) is 0 Å². The van der Waals surface area contributed by atoms with Crippen molar-refractivity contribution >= 4 is 28.8 Å². The molecule has 0 fully saturated rings. The Bertz CT molecular complexity index is 721. The van der Waals surface area contributed by atoms with Crippen LogP contribution >= 0.6 is 0 Å². The normalized spacial score (nSPS) is 11.3. The third kappa shape index (κ3) is 3.48. The second kappa shape index (κ2) is 6.71. The van der Waals surface area contributed by atoms with Crippen LogP contribution in [0.5, 0.6) is 0 Å². The molecule has 21 heavy (non-hydrogen) atoms. The minimum absolute atomic E-state index is 0.704. The standard InChI is InChI=1S/C19H20N2/c1-5-14-20-15(2)10-11-16-12-13-19(21(3)4)18-9-7-6-8-17(16)18/h5-14H,1-2H2,3-4H3/b11-10+,20-14-. The van der Waals surface area contributed by atoms with Gasteiger partial charge in [0.15, 0.2) is 0 Å². The van der Waals surface area contributed by atoms with E-state index in [4.69, 9.17) is 0 Å². The molecule has 0 saturated heterocycles. The van der Waals surface area contributed by atoms with Gasteiger partial charge >= 0.3 is 0 Å². The highest BCUT2D eigenvalue weighted by atomic mass is 15.1. The van der Waals surface area contributed by atoms with Crippen molar-refractivity contribution in [2.75, 3.05) is 19.0 Å². The SMILES string of the molecule is C=C/C=N\C(=C)/C=C/c1ccc(N(C)C)c2ccccc12. The molecule has 2 heteroatoms. The quantitative estimate of drug-likeness (QED) is 0.571. The predicted octanol–water partition coefficient (Wildman–Crippen LogP) is 4.69. The van der Waals surface area contributed by atoms with E-state index in [0.29, 0.717) is 5.70 Å². The van der Waals surface area contributed by atoms with E-state index in [-0.39, 0.29) is 0 Å². The maximum atomic E-state index is 4.15. The van der Waals surface area contributed by atoms with E-state index in [1.165, 1.54) is 16.5 Å². The third-order valence-corrected chi connectivity index (χ3v) is 3.22. The van der Waals surface area contributed by atoms with E-state index in [9.17, 15) is 0 Å². The lowest BCUT2D eigenvalue weighted by molar-refractivity contribution is 1.14. The first-order valence-electron chi connectivity index (χ1n) is 6.84. The van der Waals surface area contributed by atoms with Crippen LogP contribution in [0, 0.1) is 0 Å². The van der Waals surface area contributed by atoms with Crippen LogP contribution in [0.2, 0.25) is 0 Å². The van der Waals surface area contributed by atoms with Crippen LogP contribution in [0.25, 0.3) is 16.8 Å². The summed E-state index contributed by atoms with van der Waals surface area (Å²) in [5.74, 6) is 0. The fraction of sp³-hybridized carbons (Fsp3) is 0.105. The lowest BCUT2D eigenvalue weighted by Crippen LogP contribution is -2.09. The summed E-state index contributed by atoms with van der Waals surface area (Å²) in [5.41, 5.74) is 3.08. The average molecular weight is 276 g/mol. The number of hydrogen-bond donors (Lipinski definition) is 0. The van der Waals surface area contributed by atoms with Gasteiger partial charge in [-0.25, -0.2) is 0 Å². The van der Waals surface area contributed by atoms with Gasteiger partial charge in [-0.15, -0.1) is 0 Å². The van der Waals surface area contributed by atoms with E-state index in [1.807, 2.05) is 12.2 Å². The molecule has 0 heterocycles. The zero-order valence-electron chi connectivity index (χ0n) is 12.6. The molecule has 2 rings (SSSR count). The van der Waals surface area contributed by atoms with E-state index in [1.54, 1.807) is 12.3 Å². The van der Waals surface area contributed by atoms with Gasteiger partial charge in [0.1, 0.15) is 0 Å². The van der Waals surface area contributed by atoms with Gasteiger partial charge < -0.3 is 4.90 Å². The minimum atomic E-state index is 0.704. The molecule has 0 saturated carbocycles. The molecule has 106 valence electrons. The molecule has 0 aromatic heterocycles. The number of benzene rings is 2. The molecule has 0 aliphatic heterocycles. The number of hydrogen-bond acceptors (Lipinski definition) is 2. The highest BCUT2D eigenvalue weighted by Gasteiger charge is 2.05. The van der Waals surface area contributed by atoms with Gasteiger partial charge in [-0.2, -0.15) is 0 Å². The van der Waals surface area contributed by atoms with E-state index >= 15 is 0 Å². The van der Waals surface area contributed by atoms with E-state index < -0.39 is 0 Å². The Morgan fingerprint density at radius 1 is 1.10 bits per heavy atom. The molecule has 2 aromatic rings. The third-order valence-electron chi connectivity index (χ3n) is 3.22. The van der Waals surface area contributed by atoms with Crippen molar-refractivity contribution in [3.8, 4) is 0 Å². The average Bonchev–Trinajstić information content (AvgIpc) is 2.50. The van der Waals surface area contributed by atoms with Crippen LogP contribution in [-0.2, 0) is 0 Å². The maximum Gasteiger partial charge on any atom is 0.0558 e. The highest BCUT2D eigenvalue weighted by molar-refractivity contribution is 5.99. The number of allylic oxidation sites excluding steroid dienone is 2. The largest absolute Gasteiger partial charge is 0.377 e. The Kier molecular flexibility index (Phi) is 4.72. The van der Waals surface area contributed by atoms with Crippen molar-refractivity contribution in [3.63, 3.8) is 0 Å². The van der Waals surface area contributed by atoms with Gasteiger partial charge in [-0.05, 0) is 23.1 Å². The van der Waals surface area contributed by atoms with Gasteiger partial charge in [0.05, 0.1) is 5.70 Å². The zero-order valence-corrected chi connectivity index (χ0v) is 12.6. The van der Waals surface area contributed by atoms with Crippen LogP contribution < -0.4 is 4.90 Å². The predicted molar refractivity (Wildman–Crippen MR) is 95.1 cm³/mol. The van der Waals surface area contributed by atoms with Crippen LogP contribution in [0.1, 0.15) is 5.56 Å². The summed E-state index contributed by atoms with van der Waals surface area (Å²) in [7, 11) is 4.12. The highest BCUT2D eigenvalue weighted by Crippen LogP contribution is 2.29. The first kappa shape index (κ1) is 14.8. The number of nitrogens with zero attached hydrogens (tertiary/aromatic N) is 2. The number of fused-ring (bicyclic) bond motifs is 1. The number of aliphatic imine (C=N–C) groups is 1. The van der Waals surface area contributed by atoms with Crippen molar-refractivity contribution in [2.45, 2.75) is 0 Å². The lowest BCUT2D eigenvalue weighted by Gasteiger charge is -2.16. The van der Waals surface area contributed by atoms with Gasteiger partial charge in [0, 0.05) is 31.4 Å². The van der Waals surface area contributed by atoms with Crippen molar-refractivity contribution in [1.82, 2.24) is 0 Å². The molecule has 0 radical (unpaired) electrons. The fourth-order valence-corrected chi connectivity index (χ4v) is 2.22. The molecule has 0 bridgehead atoms. The summed E-state index contributed by atoms with van der Waals surface area (Å²) in [6.45, 7) is 7.49. The van der Waals surface area contributed by atoms with Crippen molar-refractivity contribution in [1.29, 1.82) is 0 Å². The summed E-state index contributed by atoms with van der Waals surface area (Å²) in [5, 5.41) is 2.46. The summed E-state index contributed by atoms with van der Waals surface area (Å²) < 4.78 is 0. The summed E-state index contributed by atoms with van der Waals surface area (Å²) in [6, 6.07) is 12.7. The molecule has 2 aromatic carbocycles. The Morgan fingerprint density at radius 3 is 2.48 bits per heavy atom. The zero-order chi connectivity index (χ0) is 15.2. The molecule has 0 amide bonds. The van der Waals surface area contributed by atoms with Crippen LogP contribution in [0.3, 0.4) is 0 Å². The summed E-state index contributed by atoms with van der Waals surface area (Å²) >= 11 is 0. The molecule has 0 unspecified atom stereocenters. The van der Waals surface area contributed by atoms with Gasteiger partial charge in [-0.1, -0.05) is 55.6 Å². The van der Waals surface area contributed by atoms with Gasteiger partial charge in [-0.3, -0.25) is 4.99 Å².